The van der Waals surface area contributed by atoms with Crippen LogP contribution in [-0.4, -0.2) is 19.1 Å². The van der Waals surface area contributed by atoms with E-state index in [1.54, 1.807) is 18.4 Å². The van der Waals surface area contributed by atoms with Crippen molar-refractivity contribution in [3.63, 3.8) is 0 Å². The molecule has 0 aliphatic rings. The van der Waals surface area contributed by atoms with Gasteiger partial charge in [0.15, 0.2) is 0 Å². The fourth-order valence-corrected chi connectivity index (χ4v) is 3.25. The minimum absolute atomic E-state index is 0.580. The number of thiophene rings is 1. The molecule has 0 fully saturated rings. The normalized spacial score (nSPS) is 10.6. The quantitative estimate of drug-likeness (QED) is 0.816. The molecule has 1 aromatic carbocycles. The Bertz CT molecular complexity index is 633. The van der Waals surface area contributed by atoms with E-state index >= 15 is 0 Å². The summed E-state index contributed by atoms with van der Waals surface area (Å²) in [5, 5.41) is 11.2. The first-order valence-electron chi connectivity index (χ1n) is 6.11. The first kappa shape index (κ1) is 15.0. The summed E-state index contributed by atoms with van der Waals surface area (Å²) in [6.07, 6.45) is 0. The molecule has 5 heteroatoms. The van der Waals surface area contributed by atoms with Gasteiger partial charge in [-0.1, -0.05) is 6.07 Å². The van der Waals surface area contributed by atoms with E-state index in [0.717, 1.165) is 22.4 Å². The maximum absolute atomic E-state index is 9.10. The van der Waals surface area contributed by atoms with Gasteiger partial charge in [-0.3, -0.25) is 4.90 Å². The predicted octanol–water partition coefficient (Wildman–Crippen LogP) is 4.02. The lowest BCUT2D eigenvalue weighted by atomic mass is 10.1. The molecule has 0 N–H and O–H groups in total. The van der Waals surface area contributed by atoms with E-state index in [1.165, 1.54) is 5.56 Å². The fourth-order valence-electron chi connectivity index (χ4n) is 2.05. The van der Waals surface area contributed by atoms with Crippen molar-refractivity contribution < 1.29 is 4.74 Å². The Balaban J connectivity index is 2.04. The van der Waals surface area contributed by atoms with Crippen molar-refractivity contribution in [2.24, 2.45) is 0 Å². The Labute approximate surface area is 131 Å². The summed E-state index contributed by atoms with van der Waals surface area (Å²) < 4.78 is 6.30. The molecule has 2 rings (SSSR count). The SMILES string of the molecule is COc1ccc(CN(C)Cc2csc(Br)c2)cc1C#N. The first-order chi connectivity index (χ1) is 9.62. The van der Waals surface area contributed by atoms with Crippen molar-refractivity contribution >= 4 is 27.3 Å². The molecule has 0 bridgehead atoms. The topological polar surface area (TPSA) is 36.3 Å². The summed E-state index contributed by atoms with van der Waals surface area (Å²) in [5.41, 5.74) is 2.98. The number of hydrogen-bond donors (Lipinski definition) is 0. The molecular weight excluding hydrogens is 336 g/mol. The van der Waals surface area contributed by atoms with Gasteiger partial charge in [0, 0.05) is 13.1 Å². The molecule has 1 aromatic heterocycles. The highest BCUT2D eigenvalue weighted by atomic mass is 79.9. The Morgan fingerprint density at radius 1 is 1.30 bits per heavy atom. The third kappa shape index (κ3) is 3.83. The van der Waals surface area contributed by atoms with Gasteiger partial charge in [-0.25, -0.2) is 0 Å². The minimum Gasteiger partial charge on any atom is -0.495 e. The molecule has 104 valence electrons. The Kier molecular flexibility index (Phi) is 5.18. The number of benzene rings is 1. The monoisotopic (exact) mass is 350 g/mol. The summed E-state index contributed by atoms with van der Waals surface area (Å²) in [6.45, 7) is 1.68. The highest BCUT2D eigenvalue weighted by Crippen LogP contribution is 2.23. The van der Waals surface area contributed by atoms with E-state index in [-0.39, 0.29) is 0 Å². The summed E-state index contributed by atoms with van der Waals surface area (Å²) in [4.78, 5) is 2.22. The lowest BCUT2D eigenvalue weighted by Crippen LogP contribution is -2.16. The molecule has 0 spiro atoms. The molecular formula is C15H15BrN2OS. The standard InChI is InChI=1S/C15H15BrN2OS/c1-18(9-12-6-15(16)20-10-12)8-11-3-4-14(19-2)13(5-11)7-17/h3-6,10H,8-9H2,1-2H3. The van der Waals surface area contributed by atoms with Crippen LogP contribution in [0.15, 0.2) is 33.4 Å². The first-order valence-corrected chi connectivity index (χ1v) is 7.78. The molecule has 0 radical (unpaired) electrons. The molecule has 0 atom stereocenters. The number of rotatable bonds is 5. The summed E-state index contributed by atoms with van der Waals surface area (Å²) >= 11 is 5.17. The van der Waals surface area contributed by atoms with Gasteiger partial charge in [0.25, 0.3) is 0 Å². The van der Waals surface area contributed by atoms with Gasteiger partial charge in [0.05, 0.1) is 16.5 Å². The third-order valence-electron chi connectivity index (χ3n) is 2.91. The van der Waals surface area contributed by atoms with E-state index in [4.69, 9.17) is 10.00 Å². The molecule has 0 saturated carbocycles. The number of ether oxygens (including phenoxy) is 1. The van der Waals surface area contributed by atoms with Crippen molar-refractivity contribution in [2.45, 2.75) is 13.1 Å². The van der Waals surface area contributed by atoms with Crippen LogP contribution in [0.25, 0.3) is 0 Å². The van der Waals surface area contributed by atoms with Crippen molar-refractivity contribution in [3.05, 3.63) is 50.1 Å². The fraction of sp³-hybridized carbons (Fsp3) is 0.267. The summed E-state index contributed by atoms with van der Waals surface area (Å²) in [6, 6.07) is 10.0. The Morgan fingerprint density at radius 3 is 2.65 bits per heavy atom. The van der Waals surface area contributed by atoms with Gasteiger partial charge in [-0.15, -0.1) is 11.3 Å². The molecule has 2 aromatic rings. The highest BCUT2D eigenvalue weighted by Gasteiger charge is 2.07. The van der Waals surface area contributed by atoms with E-state index in [0.29, 0.717) is 11.3 Å². The predicted molar refractivity (Wildman–Crippen MR) is 84.9 cm³/mol. The van der Waals surface area contributed by atoms with Crippen LogP contribution in [0, 0.1) is 11.3 Å². The average molecular weight is 351 g/mol. The Morgan fingerprint density at radius 2 is 2.05 bits per heavy atom. The number of hydrogen-bond acceptors (Lipinski definition) is 4. The van der Waals surface area contributed by atoms with E-state index in [2.05, 4.69) is 45.4 Å². The van der Waals surface area contributed by atoms with Gasteiger partial charge in [-0.05, 0) is 57.7 Å². The van der Waals surface area contributed by atoms with Crippen LogP contribution in [0.1, 0.15) is 16.7 Å². The number of nitrogens with zero attached hydrogens (tertiary/aromatic N) is 2. The zero-order chi connectivity index (χ0) is 14.5. The van der Waals surface area contributed by atoms with Crippen molar-refractivity contribution in [1.29, 1.82) is 5.26 Å². The van der Waals surface area contributed by atoms with Gasteiger partial charge < -0.3 is 4.74 Å². The van der Waals surface area contributed by atoms with E-state index in [1.807, 2.05) is 18.2 Å². The van der Waals surface area contributed by atoms with Crippen LogP contribution in [0.2, 0.25) is 0 Å². The molecule has 0 aliphatic heterocycles. The lowest BCUT2D eigenvalue weighted by Gasteiger charge is -2.16. The third-order valence-corrected chi connectivity index (χ3v) is 4.46. The minimum atomic E-state index is 0.580. The zero-order valence-corrected chi connectivity index (χ0v) is 13.8. The summed E-state index contributed by atoms with van der Waals surface area (Å²) in [5.74, 6) is 0.626. The van der Waals surface area contributed by atoms with E-state index in [9.17, 15) is 0 Å². The largest absolute Gasteiger partial charge is 0.495 e. The highest BCUT2D eigenvalue weighted by molar-refractivity contribution is 9.11. The van der Waals surface area contributed by atoms with E-state index < -0.39 is 0 Å². The van der Waals surface area contributed by atoms with Gasteiger partial charge in [0.1, 0.15) is 11.8 Å². The van der Waals surface area contributed by atoms with Crippen LogP contribution >= 0.6 is 27.3 Å². The lowest BCUT2D eigenvalue weighted by molar-refractivity contribution is 0.319. The second kappa shape index (κ2) is 6.89. The van der Waals surface area contributed by atoms with Crippen molar-refractivity contribution in [3.8, 4) is 11.8 Å². The second-order valence-electron chi connectivity index (χ2n) is 4.58. The van der Waals surface area contributed by atoms with Crippen molar-refractivity contribution in [2.75, 3.05) is 14.2 Å². The maximum Gasteiger partial charge on any atom is 0.136 e. The van der Waals surface area contributed by atoms with Crippen LogP contribution < -0.4 is 4.74 Å². The van der Waals surface area contributed by atoms with Crippen LogP contribution in [-0.2, 0) is 13.1 Å². The summed E-state index contributed by atoms with van der Waals surface area (Å²) in [7, 11) is 3.65. The molecule has 20 heavy (non-hydrogen) atoms. The van der Waals surface area contributed by atoms with Crippen LogP contribution in [0.4, 0.5) is 0 Å². The maximum atomic E-state index is 9.10. The molecule has 0 amide bonds. The molecule has 0 aliphatic carbocycles. The smallest absolute Gasteiger partial charge is 0.136 e. The molecule has 0 unspecified atom stereocenters. The van der Waals surface area contributed by atoms with Crippen LogP contribution in [0.5, 0.6) is 5.75 Å². The van der Waals surface area contributed by atoms with Gasteiger partial charge >= 0.3 is 0 Å². The van der Waals surface area contributed by atoms with Gasteiger partial charge in [0.2, 0.25) is 0 Å². The number of methoxy groups -OCH3 is 1. The number of nitriles is 1. The van der Waals surface area contributed by atoms with Crippen LogP contribution in [0.3, 0.4) is 0 Å². The molecule has 3 nitrogen and oxygen atoms in total. The zero-order valence-electron chi connectivity index (χ0n) is 11.4. The molecule has 0 saturated heterocycles. The number of halogens is 1. The van der Waals surface area contributed by atoms with Gasteiger partial charge in [-0.2, -0.15) is 5.26 Å². The second-order valence-corrected chi connectivity index (χ2v) is 6.87. The average Bonchev–Trinajstić information content (AvgIpc) is 2.83. The molecule has 1 heterocycles. The Hall–Kier alpha value is -1.35. The van der Waals surface area contributed by atoms with Crippen molar-refractivity contribution in [1.82, 2.24) is 4.90 Å².